The summed E-state index contributed by atoms with van der Waals surface area (Å²) < 4.78 is 1.47. The van der Waals surface area contributed by atoms with Crippen LogP contribution in [-0.4, -0.2) is 15.4 Å². The third-order valence-corrected chi connectivity index (χ3v) is 2.86. The van der Waals surface area contributed by atoms with Gasteiger partial charge in [0.25, 0.3) is 5.69 Å². The van der Waals surface area contributed by atoms with Crippen molar-refractivity contribution in [3.63, 3.8) is 0 Å². The highest BCUT2D eigenvalue weighted by Gasteiger charge is 2.14. The Bertz CT molecular complexity index is 752. The molecule has 0 bridgehead atoms. The summed E-state index contributed by atoms with van der Waals surface area (Å²) in [5.41, 5.74) is 1.10. The van der Waals surface area contributed by atoms with Crippen molar-refractivity contribution in [2.24, 2.45) is 0 Å². The first kappa shape index (κ1) is 14.4. The number of nitrogens with zero attached hydrogens (tertiary/aromatic N) is 2. The number of benzene rings is 1. The van der Waals surface area contributed by atoms with Crippen LogP contribution in [-0.2, 0) is 11.3 Å². The van der Waals surface area contributed by atoms with E-state index in [1.165, 1.54) is 22.8 Å². The maximum Gasteiger partial charge on any atom is 0.292 e. The highest BCUT2D eigenvalue weighted by atomic mass is 16.6. The van der Waals surface area contributed by atoms with E-state index < -0.39 is 10.8 Å². The second-order valence-electron chi connectivity index (χ2n) is 4.54. The van der Waals surface area contributed by atoms with E-state index in [0.29, 0.717) is 0 Å². The molecule has 0 aliphatic heterocycles. The lowest BCUT2D eigenvalue weighted by molar-refractivity contribution is -0.383. The second kappa shape index (κ2) is 6.00. The molecular formula is C14H14N4O3. The molecule has 0 fully saturated rings. The molecule has 0 aliphatic carbocycles. The van der Waals surface area contributed by atoms with Crippen LogP contribution in [0.25, 0.3) is 0 Å². The number of carbonyl (C=O) groups is 1. The van der Waals surface area contributed by atoms with Gasteiger partial charge in [0.2, 0.25) is 5.91 Å². The van der Waals surface area contributed by atoms with Gasteiger partial charge in [0.15, 0.2) is 0 Å². The summed E-state index contributed by atoms with van der Waals surface area (Å²) in [7, 11) is 0. The number of hydrogen-bond acceptors (Lipinski definition) is 4. The molecule has 2 rings (SSSR count). The molecule has 1 heterocycles. The summed E-state index contributed by atoms with van der Waals surface area (Å²) >= 11 is 0. The van der Waals surface area contributed by atoms with E-state index in [4.69, 9.17) is 5.41 Å². The minimum Gasteiger partial charge on any atom is -0.324 e. The van der Waals surface area contributed by atoms with E-state index >= 15 is 0 Å². The largest absolute Gasteiger partial charge is 0.324 e. The fourth-order valence-electron chi connectivity index (χ4n) is 1.88. The molecule has 0 saturated carbocycles. The predicted molar refractivity (Wildman–Crippen MR) is 76.7 cm³/mol. The summed E-state index contributed by atoms with van der Waals surface area (Å²) in [4.78, 5) is 22.3. The third-order valence-electron chi connectivity index (χ3n) is 2.86. The molecule has 1 aromatic carbocycles. The number of aromatic nitrogens is 1. The Labute approximate surface area is 120 Å². The fraction of sp³-hybridized carbons (Fsp3) is 0.143. The number of carbonyl (C=O) groups excluding carboxylic acids is 1. The number of anilines is 1. The van der Waals surface area contributed by atoms with Crippen molar-refractivity contribution in [2.75, 3.05) is 5.32 Å². The number of aryl methyl sites for hydroxylation is 1. The average Bonchev–Trinajstić information content (AvgIpc) is 2.43. The molecule has 0 atom stereocenters. The smallest absolute Gasteiger partial charge is 0.292 e. The molecule has 0 saturated heterocycles. The summed E-state index contributed by atoms with van der Waals surface area (Å²) in [6, 6.07) is 9.31. The van der Waals surface area contributed by atoms with Gasteiger partial charge in [-0.15, -0.1) is 0 Å². The number of amides is 1. The first-order valence-electron chi connectivity index (χ1n) is 6.22. The second-order valence-corrected chi connectivity index (χ2v) is 4.54. The normalized spacial score (nSPS) is 10.1. The van der Waals surface area contributed by atoms with E-state index in [9.17, 15) is 14.9 Å². The molecular weight excluding hydrogens is 272 g/mol. The molecule has 7 heteroatoms. The minimum absolute atomic E-state index is 0.0768. The van der Waals surface area contributed by atoms with Gasteiger partial charge in [-0.2, -0.15) is 0 Å². The van der Waals surface area contributed by atoms with Crippen LogP contribution in [0.1, 0.15) is 5.56 Å². The van der Waals surface area contributed by atoms with Crippen molar-refractivity contribution in [2.45, 2.75) is 13.5 Å². The zero-order valence-electron chi connectivity index (χ0n) is 11.4. The Morgan fingerprint density at radius 2 is 2.05 bits per heavy atom. The molecule has 2 aromatic rings. The minimum atomic E-state index is -0.550. The van der Waals surface area contributed by atoms with Crippen LogP contribution in [0.15, 0.2) is 42.6 Å². The summed E-state index contributed by atoms with van der Waals surface area (Å²) in [6.45, 7) is 1.78. The van der Waals surface area contributed by atoms with Gasteiger partial charge >= 0.3 is 0 Å². The van der Waals surface area contributed by atoms with Crippen LogP contribution in [0, 0.1) is 22.4 Å². The Hall–Kier alpha value is -2.96. The molecule has 1 aromatic heterocycles. The Morgan fingerprint density at radius 1 is 1.33 bits per heavy atom. The zero-order chi connectivity index (χ0) is 15.4. The van der Waals surface area contributed by atoms with E-state index in [2.05, 4.69) is 5.32 Å². The monoisotopic (exact) mass is 286 g/mol. The van der Waals surface area contributed by atoms with E-state index in [1.807, 2.05) is 6.92 Å². The number of nitrogens with one attached hydrogen (secondary N) is 2. The number of rotatable bonds is 4. The number of nitro benzene ring substituents is 1. The van der Waals surface area contributed by atoms with E-state index in [1.54, 1.807) is 24.4 Å². The summed E-state index contributed by atoms with van der Waals surface area (Å²) in [5.74, 6) is -0.423. The fourth-order valence-corrected chi connectivity index (χ4v) is 1.88. The highest BCUT2D eigenvalue weighted by Crippen LogP contribution is 2.22. The lowest BCUT2D eigenvalue weighted by Gasteiger charge is -2.09. The van der Waals surface area contributed by atoms with Crippen molar-refractivity contribution in [3.05, 3.63) is 63.8 Å². The van der Waals surface area contributed by atoms with E-state index in [-0.39, 0.29) is 23.4 Å². The predicted octanol–water partition coefficient (Wildman–Crippen LogP) is 1.82. The standard InChI is InChI=1S/C14H14N4O3/c1-10-6-7-13(15)17(8-10)9-14(19)16-11-4-2-3-5-12(11)18(20)21/h2-8,15H,9H2,1H3,(H,16,19). The van der Waals surface area contributed by atoms with Gasteiger partial charge in [-0.1, -0.05) is 18.2 Å². The average molecular weight is 286 g/mol. The molecule has 0 spiro atoms. The highest BCUT2D eigenvalue weighted by molar-refractivity contribution is 5.92. The summed E-state index contributed by atoms with van der Waals surface area (Å²) in [5, 5.41) is 21.1. The Balaban J connectivity index is 2.18. The van der Waals surface area contributed by atoms with Gasteiger partial charge in [0.05, 0.1) is 4.92 Å². The van der Waals surface area contributed by atoms with Crippen molar-refractivity contribution in [3.8, 4) is 0 Å². The van der Waals surface area contributed by atoms with Gasteiger partial charge in [-0.3, -0.25) is 20.3 Å². The molecule has 2 N–H and O–H groups in total. The topological polar surface area (TPSA) is 101 Å². The molecule has 0 aliphatic rings. The van der Waals surface area contributed by atoms with Crippen LogP contribution in [0.4, 0.5) is 11.4 Å². The SMILES string of the molecule is Cc1ccc(=N)n(CC(=O)Nc2ccccc2[N+](=O)[O-])c1. The van der Waals surface area contributed by atoms with Crippen LogP contribution in [0.5, 0.6) is 0 Å². The van der Waals surface area contributed by atoms with Crippen LogP contribution in [0.2, 0.25) is 0 Å². The van der Waals surface area contributed by atoms with Crippen molar-refractivity contribution in [1.29, 1.82) is 5.41 Å². The lowest BCUT2D eigenvalue weighted by atomic mass is 10.2. The molecule has 108 valence electrons. The first-order valence-corrected chi connectivity index (χ1v) is 6.22. The molecule has 0 unspecified atom stereocenters. The zero-order valence-corrected chi connectivity index (χ0v) is 11.4. The number of para-hydroxylation sites is 2. The third kappa shape index (κ3) is 3.53. The van der Waals surface area contributed by atoms with Gasteiger partial charge in [0, 0.05) is 12.3 Å². The molecule has 21 heavy (non-hydrogen) atoms. The lowest BCUT2D eigenvalue weighted by Crippen LogP contribution is -2.27. The van der Waals surface area contributed by atoms with Crippen LogP contribution in [0.3, 0.4) is 0 Å². The Kier molecular flexibility index (Phi) is 4.13. The first-order chi connectivity index (χ1) is 9.97. The number of nitro groups is 1. The van der Waals surface area contributed by atoms with Gasteiger partial charge in [-0.05, 0) is 24.6 Å². The molecule has 1 amide bonds. The number of pyridine rings is 1. The molecule has 0 radical (unpaired) electrons. The molecule has 7 nitrogen and oxygen atoms in total. The maximum absolute atomic E-state index is 12.0. The quantitative estimate of drug-likeness (QED) is 0.662. The Morgan fingerprint density at radius 3 is 2.76 bits per heavy atom. The van der Waals surface area contributed by atoms with Crippen LogP contribution >= 0.6 is 0 Å². The summed E-state index contributed by atoms with van der Waals surface area (Å²) in [6.07, 6.45) is 1.68. The maximum atomic E-state index is 12.0. The number of hydrogen-bond donors (Lipinski definition) is 2. The van der Waals surface area contributed by atoms with Crippen molar-refractivity contribution < 1.29 is 9.72 Å². The van der Waals surface area contributed by atoms with Gasteiger partial charge < -0.3 is 9.88 Å². The van der Waals surface area contributed by atoms with Crippen molar-refractivity contribution >= 4 is 17.3 Å². The van der Waals surface area contributed by atoms with Gasteiger partial charge in [-0.25, -0.2) is 0 Å². The van der Waals surface area contributed by atoms with E-state index in [0.717, 1.165) is 5.56 Å². The van der Waals surface area contributed by atoms with Crippen LogP contribution < -0.4 is 10.8 Å². The van der Waals surface area contributed by atoms with Crippen molar-refractivity contribution in [1.82, 2.24) is 4.57 Å². The van der Waals surface area contributed by atoms with Gasteiger partial charge in [0.1, 0.15) is 17.7 Å².